The lowest BCUT2D eigenvalue weighted by Crippen LogP contribution is -2.14. The topological polar surface area (TPSA) is 68.0 Å². The summed E-state index contributed by atoms with van der Waals surface area (Å²) in [6.45, 7) is 3.77. The molecule has 0 aliphatic rings. The molecule has 0 saturated heterocycles. The van der Waals surface area contributed by atoms with Crippen LogP contribution in [0.1, 0.15) is 27.5 Å². The summed E-state index contributed by atoms with van der Waals surface area (Å²) in [5, 5.41) is 6.72. The zero-order valence-electron chi connectivity index (χ0n) is 13.4. The minimum absolute atomic E-state index is 0.176. The van der Waals surface area contributed by atoms with E-state index in [9.17, 15) is 4.79 Å². The second-order valence-electron chi connectivity index (χ2n) is 5.34. The number of thioether (sulfide) groups is 1. The van der Waals surface area contributed by atoms with E-state index in [1.165, 1.54) is 0 Å². The van der Waals surface area contributed by atoms with Crippen molar-refractivity contribution in [1.29, 1.82) is 0 Å². The maximum Gasteiger partial charge on any atom is 0.257 e. The first kappa shape index (κ1) is 16.3. The fourth-order valence-corrected chi connectivity index (χ4v) is 3.13. The summed E-state index contributed by atoms with van der Waals surface area (Å²) in [5.74, 6) is 1.78. The Balaban J connectivity index is 1.74. The van der Waals surface area contributed by atoms with E-state index in [2.05, 4.69) is 15.5 Å². The second-order valence-corrected chi connectivity index (χ2v) is 6.35. The Morgan fingerprint density at radius 2 is 1.96 bits per heavy atom. The molecule has 0 bridgehead atoms. The molecular weight excluding hydrogens is 322 g/mol. The predicted molar refractivity (Wildman–Crippen MR) is 94.2 cm³/mol. The molecule has 0 unspecified atom stereocenters. The number of pyridine rings is 1. The van der Waals surface area contributed by atoms with Crippen LogP contribution in [0.15, 0.2) is 57.9 Å². The number of carbonyl (C=O) groups excluding carboxylic acids is 1. The highest BCUT2D eigenvalue weighted by molar-refractivity contribution is 7.98. The molecule has 1 aromatic carbocycles. The van der Waals surface area contributed by atoms with E-state index < -0.39 is 0 Å². The normalized spacial score (nSPS) is 10.6. The fourth-order valence-electron chi connectivity index (χ4n) is 2.21. The number of rotatable bonds is 5. The van der Waals surface area contributed by atoms with Crippen molar-refractivity contribution in [2.75, 3.05) is 5.32 Å². The van der Waals surface area contributed by atoms with E-state index in [4.69, 9.17) is 4.52 Å². The molecule has 3 rings (SSSR count). The van der Waals surface area contributed by atoms with E-state index in [1.54, 1.807) is 23.9 Å². The largest absolute Gasteiger partial charge is 0.360 e. The number of hydrogen-bond acceptors (Lipinski definition) is 5. The van der Waals surface area contributed by atoms with Gasteiger partial charge in [0.1, 0.15) is 11.6 Å². The highest BCUT2D eigenvalue weighted by atomic mass is 32.2. The van der Waals surface area contributed by atoms with Crippen molar-refractivity contribution < 1.29 is 9.32 Å². The Morgan fingerprint density at radius 1 is 1.12 bits per heavy atom. The summed E-state index contributed by atoms with van der Waals surface area (Å²) in [6.07, 6.45) is 0. The third-order valence-corrected chi connectivity index (χ3v) is 4.40. The molecule has 1 N–H and O–H groups in total. The monoisotopic (exact) mass is 339 g/mol. The van der Waals surface area contributed by atoms with Gasteiger partial charge in [-0.25, -0.2) is 4.98 Å². The van der Waals surface area contributed by atoms with Gasteiger partial charge in [-0.15, -0.1) is 11.8 Å². The van der Waals surface area contributed by atoms with Crippen molar-refractivity contribution >= 4 is 23.5 Å². The van der Waals surface area contributed by atoms with Crippen molar-refractivity contribution in [2.24, 2.45) is 0 Å². The van der Waals surface area contributed by atoms with E-state index in [1.807, 2.05) is 50.2 Å². The second kappa shape index (κ2) is 7.31. The Morgan fingerprint density at radius 3 is 2.71 bits per heavy atom. The Hall–Kier alpha value is -2.60. The molecule has 2 aromatic heterocycles. The minimum atomic E-state index is -0.176. The average Bonchev–Trinajstić information content (AvgIpc) is 2.99. The van der Waals surface area contributed by atoms with Crippen LogP contribution >= 0.6 is 11.8 Å². The van der Waals surface area contributed by atoms with Crippen LogP contribution in [0, 0.1) is 13.8 Å². The van der Waals surface area contributed by atoms with Crippen LogP contribution in [0.2, 0.25) is 0 Å². The molecule has 0 spiro atoms. The highest BCUT2D eigenvalue weighted by Gasteiger charge is 2.13. The van der Waals surface area contributed by atoms with Crippen molar-refractivity contribution in [3.63, 3.8) is 0 Å². The standard InChI is InChI=1S/C18H17N3O2S/c1-12-6-5-9-17(19-12)20-18(22)15-7-3-4-8-16(15)24-11-14-10-13(2)21-23-14/h3-10H,11H2,1-2H3,(H,19,20,22). The van der Waals surface area contributed by atoms with Crippen LogP contribution in [-0.2, 0) is 5.75 Å². The number of amides is 1. The summed E-state index contributed by atoms with van der Waals surface area (Å²) in [7, 11) is 0. The third kappa shape index (κ3) is 4.02. The molecule has 0 saturated carbocycles. The maximum absolute atomic E-state index is 12.6. The van der Waals surface area contributed by atoms with Crippen LogP contribution in [0.4, 0.5) is 5.82 Å². The Kier molecular flexibility index (Phi) is 4.96. The minimum Gasteiger partial charge on any atom is -0.360 e. The van der Waals surface area contributed by atoms with Crippen LogP contribution in [0.5, 0.6) is 0 Å². The first-order valence-corrected chi connectivity index (χ1v) is 8.49. The van der Waals surface area contributed by atoms with Crippen molar-refractivity contribution in [3.8, 4) is 0 Å². The Bertz CT molecular complexity index is 861. The summed E-state index contributed by atoms with van der Waals surface area (Å²) < 4.78 is 5.21. The molecule has 1 amide bonds. The lowest BCUT2D eigenvalue weighted by Gasteiger charge is -2.09. The van der Waals surface area contributed by atoms with Gasteiger partial charge in [0.25, 0.3) is 5.91 Å². The quantitative estimate of drug-likeness (QED) is 0.705. The number of nitrogens with one attached hydrogen (secondary N) is 1. The summed E-state index contributed by atoms with van der Waals surface area (Å²) in [6, 6.07) is 14.9. The molecule has 5 nitrogen and oxygen atoms in total. The lowest BCUT2D eigenvalue weighted by molar-refractivity contribution is 0.102. The van der Waals surface area contributed by atoms with E-state index >= 15 is 0 Å². The molecule has 0 aliphatic heterocycles. The molecule has 0 atom stereocenters. The van der Waals surface area contributed by atoms with Gasteiger partial charge >= 0.3 is 0 Å². The molecule has 24 heavy (non-hydrogen) atoms. The lowest BCUT2D eigenvalue weighted by atomic mass is 10.2. The van der Waals surface area contributed by atoms with E-state index in [0.29, 0.717) is 17.1 Å². The molecule has 122 valence electrons. The number of hydrogen-bond donors (Lipinski definition) is 1. The van der Waals surface area contributed by atoms with Crippen molar-refractivity contribution in [1.82, 2.24) is 10.1 Å². The molecule has 0 fully saturated rings. The first-order chi connectivity index (χ1) is 11.6. The van der Waals surface area contributed by atoms with Crippen LogP contribution in [-0.4, -0.2) is 16.0 Å². The van der Waals surface area contributed by atoms with Crippen molar-refractivity contribution in [2.45, 2.75) is 24.5 Å². The number of nitrogens with zero attached hydrogens (tertiary/aromatic N) is 2. The number of benzene rings is 1. The van der Waals surface area contributed by atoms with E-state index in [0.717, 1.165) is 22.0 Å². The van der Waals surface area contributed by atoms with Crippen LogP contribution < -0.4 is 5.32 Å². The fraction of sp³-hybridized carbons (Fsp3) is 0.167. The maximum atomic E-state index is 12.6. The van der Waals surface area contributed by atoms with Crippen molar-refractivity contribution in [3.05, 3.63) is 71.2 Å². The molecule has 2 heterocycles. The van der Waals surface area contributed by atoms with Gasteiger partial charge in [0.2, 0.25) is 0 Å². The predicted octanol–water partition coefficient (Wildman–Crippen LogP) is 4.23. The zero-order valence-corrected chi connectivity index (χ0v) is 14.3. The van der Waals surface area contributed by atoms with Crippen LogP contribution in [0.3, 0.4) is 0 Å². The summed E-state index contributed by atoms with van der Waals surface area (Å²) in [4.78, 5) is 17.7. The van der Waals surface area contributed by atoms with Gasteiger partial charge in [-0.3, -0.25) is 4.79 Å². The molecule has 6 heteroatoms. The SMILES string of the molecule is Cc1cc(CSc2ccccc2C(=O)Nc2cccc(C)n2)on1. The van der Waals surface area contributed by atoms with Gasteiger partial charge < -0.3 is 9.84 Å². The smallest absolute Gasteiger partial charge is 0.257 e. The molecule has 3 aromatic rings. The van der Waals surface area contributed by atoms with Gasteiger partial charge in [0.15, 0.2) is 0 Å². The highest BCUT2D eigenvalue weighted by Crippen LogP contribution is 2.27. The number of aryl methyl sites for hydroxylation is 2. The summed E-state index contributed by atoms with van der Waals surface area (Å²) >= 11 is 1.54. The first-order valence-electron chi connectivity index (χ1n) is 7.51. The van der Waals surface area contributed by atoms with E-state index in [-0.39, 0.29) is 5.91 Å². The Labute approximate surface area is 144 Å². The molecule has 0 radical (unpaired) electrons. The van der Waals surface area contributed by atoms with Gasteiger partial charge in [-0.1, -0.05) is 23.4 Å². The number of carbonyl (C=O) groups is 1. The number of anilines is 1. The molecular formula is C18H17N3O2S. The van der Waals surface area contributed by atoms with Crippen LogP contribution in [0.25, 0.3) is 0 Å². The van der Waals surface area contributed by atoms with Gasteiger partial charge in [0, 0.05) is 16.7 Å². The van der Waals surface area contributed by atoms with Gasteiger partial charge in [-0.2, -0.15) is 0 Å². The average molecular weight is 339 g/mol. The third-order valence-electron chi connectivity index (χ3n) is 3.31. The van der Waals surface area contributed by atoms with Gasteiger partial charge in [-0.05, 0) is 38.1 Å². The zero-order chi connectivity index (χ0) is 16.9. The summed E-state index contributed by atoms with van der Waals surface area (Å²) in [5.41, 5.74) is 2.32. The number of aromatic nitrogens is 2. The van der Waals surface area contributed by atoms with Gasteiger partial charge in [0.05, 0.1) is 17.0 Å². The molecule has 0 aliphatic carbocycles.